The summed E-state index contributed by atoms with van der Waals surface area (Å²) in [6.07, 6.45) is 1.72. The van der Waals surface area contributed by atoms with Crippen molar-refractivity contribution in [3.8, 4) is 0 Å². The molecular weight excluding hydrogens is 172 g/mol. The Morgan fingerprint density at radius 1 is 1.38 bits per heavy atom. The van der Waals surface area contributed by atoms with Gasteiger partial charge in [-0.2, -0.15) is 0 Å². The highest BCUT2D eigenvalue weighted by atomic mass is 19.2. The second kappa shape index (κ2) is 4.14. The maximum atomic E-state index is 12.7. The van der Waals surface area contributed by atoms with Crippen LogP contribution in [0.15, 0.2) is 23.8 Å². The molecule has 2 N–H and O–H groups in total. The van der Waals surface area contributed by atoms with Crippen LogP contribution in [0.4, 0.5) is 8.78 Å². The van der Waals surface area contributed by atoms with Crippen LogP contribution < -0.4 is 5.73 Å². The molecule has 0 aliphatic heterocycles. The van der Waals surface area contributed by atoms with Crippen molar-refractivity contribution in [1.82, 2.24) is 0 Å². The highest BCUT2D eigenvalue weighted by Gasteiger charge is 2.00. The van der Waals surface area contributed by atoms with Gasteiger partial charge in [-0.15, -0.1) is 0 Å². The molecule has 0 saturated heterocycles. The van der Waals surface area contributed by atoms with E-state index in [2.05, 4.69) is 0 Å². The van der Waals surface area contributed by atoms with Crippen LogP contribution in [0, 0.1) is 11.6 Å². The van der Waals surface area contributed by atoms with E-state index in [-0.39, 0.29) is 0 Å². The molecule has 3 heteroatoms. The van der Waals surface area contributed by atoms with Crippen molar-refractivity contribution in [2.24, 2.45) is 5.73 Å². The third kappa shape index (κ3) is 2.63. The van der Waals surface area contributed by atoms with E-state index >= 15 is 0 Å². The lowest BCUT2D eigenvalue weighted by Crippen LogP contribution is -1.99. The predicted octanol–water partition coefficient (Wildman–Crippen LogP) is 2.33. The van der Waals surface area contributed by atoms with Gasteiger partial charge in [-0.3, -0.25) is 0 Å². The molecule has 13 heavy (non-hydrogen) atoms. The Kier molecular flexibility index (Phi) is 3.14. The van der Waals surface area contributed by atoms with E-state index in [4.69, 9.17) is 5.73 Å². The Labute approximate surface area is 75.9 Å². The van der Waals surface area contributed by atoms with Crippen molar-refractivity contribution in [1.29, 1.82) is 0 Å². The van der Waals surface area contributed by atoms with Crippen molar-refractivity contribution in [3.63, 3.8) is 0 Å². The van der Waals surface area contributed by atoms with Gasteiger partial charge in [0.15, 0.2) is 11.6 Å². The number of nitrogens with two attached hydrogens (primary N) is 1. The number of hydrogen-bond donors (Lipinski definition) is 1. The second-order valence-corrected chi connectivity index (χ2v) is 2.87. The number of halogens is 2. The Morgan fingerprint density at radius 3 is 2.62 bits per heavy atom. The lowest BCUT2D eigenvalue weighted by atomic mass is 10.1. The average Bonchev–Trinajstić information content (AvgIpc) is 2.11. The first kappa shape index (κ1) is 9.86. The molecule has 0 fully saturated rings. The number of benzene rings is 1. The van der Waals surface area contributed by atoms with Gasteiger partial charge in [-0.25, -0.2) is 8.78 Å². The van der Waals surface area contributed by atoms with Crippen molar-refractivity contribution < 1.29 is 8.78 Å². The van der Waals surface area contributed by atoms with E-state index in [1.165, 1.54) is 6.07 Å². The molecular formula is C10H11F2N. The van der Waals surface area contributed by atoms with Crippen molar-refractivity contribution in [2.75, 3.05) is 6.54 Å². The molecule has 70 valence electrons. The van der Waals surface area contributed by atoms with Crippen LogP contribution in [0.1, 0.15) is 12.5 Å². The molecule has 0 saturated carbocycles. The molecule has 1 aromatic rings. The highest BCUT2D eigenvalue weighted by Crippen LogP contribution is 2.11. The molecule has 0 aliphatic rings. The molecule has 0 atom stereocenters. The Bertz CT molecular complexity index is 332. The molecule has 0 heterocycles. The van der Waals surface area contributed by atoms with Crippen LogP contribution in [0.3, 0.4) is 0 Å². The summed E-state index contributed by atoms with van der Waals surface area (Å²) >= 11 is 0. The van der Waals surface area contributed by atoms with Gasteiger partial charge in [0, 0.05) is 6.54 Å². The van der Waals surface area contributed by atoms with Gasteiger partial charge in [0.1, 0.15) is 0 Å². The summed E-state index contributed by atoms with van der Waals surface area (Å²) in [4.78, 5) is 0. The van der Waals surface area contributed by atoms with Gasteiger partial charge in [-0.05, 0) is 24.6 Å². The largest absolute Gasteiger partial charge is 0.327 e. The Morgan fingerprint density at radius 2 is 2.08 bits per heavy atom. The summed E-state index contributed by atoms with van der Waals surface area (Å²) in [5, 5.41) is 0. The topological polar surface area (TPSA) is 26.0 Å². The van der Waals surface area contributed by atoms with E-state index in [1.807, 2.05) is 6.92 Å². The van der Waals surface area contributed by atoms with Crippen molar-refractivity contribution >= 4 is 6.08 Å². The Hall–Kier alpha value is -1.22. The van der Waals surface area contributed by atoms with Crippen molar-refractivity contribution in [3.05, 3.63) is 41.0 Å². The SMILES string of the molecule is CC(=Cc1ccc(F)c(F)c1)CN. The standard InChI is InChI=1S/C10H11F2N/c1-7(6-13)4-8-2-3-9(11)10(12)5-8/h2-5H,6,13H2,1H3. The van der Waals surface area contributed by atoms with E-state index in [1.54, 1.807) is 6.08 Å². The third-order valence-corrected chi connectivity index (χ3v) is 1.68. The summed E-state index contributed by atoms with van der Waals surface area (Å²) in [5.41, 5.74) is 6.90. The molecule has 1 nitrogen and oxygen atoms in total. The zero-order valence-corrected chi connectivity index (χ0v) is 7.35. The summed E-state index contributed by atoms with van der Waals surface area (Å²) in [5.74, 6) is -1.67. The first-order valence-electron chi connectivity index (χ1n) is 3.96. The zero-order chi connectivity index (χ0) is 9.84. The minimum absolute atomic E-state index is 0.416. The Balaban J connectivity index is 2.98. The first-order valence-corrected chi connectivity index (χ1v) is 3.96. The maximum Gasteiger partial charge on any atom is 0.159 e. The van der Waals surface area contributed by atoms with E-state index in [0.717, 1.165) is 17.7 Å². The lowest BCUT2D eigenvalue weighted by molar-refractivity contribution is 0.508. The molecule has 0 bridgehead atoms. The summed E-state index contributed by atoms with van der Waals surface area (Å²) in [6, 6.07) is 3.76. The second-order valence-electron chi connectivity index (χ2n) is 2.87. The first-order chi connectivity index (χ1) is 6.13. The minimum atomic E-state index is -0.835. The highest BCUT2D eigenvalue weighted by molar-refractivity contribution is 5.52. The van der Waals surface area contributed by atoms with Crippen molar-refractivity contribution in [2.45, 2.75) is 6.92 Å². The fourth-order valence-electron chi connectivity index (χ4n) is 0.946. The van der Waals surface area contributed by atoms with E-state index in [0.29, 0.717) is 12.1 Å². The van der Waals surface area contributed by atoms with Gasteiger partial charge in [0.25, 0.3) is 0 Å². The van der Waals surface area contributed by atoms with Crippen LogP contribution in [0.5, 0.6) is 0 Å². The van der Waals surface area contributed by atoms with Crippen LogP contribution in [-0.4, -0.2) is 6.54 Å². The summed E-state index contributed by atoms with van der Waals surface area (Å²) in [7, 11) is 0. The molecule has 1 rings (SSSR count). The molecule has 0 aromatic heterocycles. The molecule has 0 amide bonds. The van der Waals surface area contributed by atoms with E-state index in [9.17, 15) is 8.78 Å². The fourth-order valence-corrected chi connectivity index (χ4v) is 0.946. The van der Waals surface area contributed by atoms with Gasteiger partial charge in [-0.1, -0.05) is 17.7 Å². The quantitative estimate of drug-likeness (QED) is 0.748. The summed E-state index contributed by atoms with van der Waals surface area (Å²) in [6.45, 7) is 2.25. The minimum Gasteiger partial charge on any atom is -0.327 e. The van der Waals surface area contributed by atoms with E-state index < -0.39 is 11.6 Å². The molecule has 0 unspecified atom stereocenters. The molecule has 0 aliphatic carbocycles. The lowest BCUT2D eigenvalue weighted by Gasteiger charge is -1.98. The van der Waals surface area contributed by atoms with Crippen LogP contribution in [0.25, 0.3) is 6.08 Å². The molecule has 1 aromatic carbocycles. The molecule has 0 radical (unpaired) electrons. The maximum absolute atomic E-state index is 12.7. The normalized spacial score (nSPS) is 11.8. The van der Waals surface area contributed by atoms with Gasteiger partial charge >= 0.3 is 0 Å². The van der Waals surface area contributed by atoms with Crippen LogP contribution in [-0.2, 0) is 0 Å². The fraction of sp³-hybridized carbons (Fsp3) is 0.200. The van der Waals surface area contributed by atoms with Gasteiger partial charge in [0.05, 0.1) is 0 Å². The smallest absolute Gasteiger partial charge is 0.159 e. The number of hydrogen-bond acceptors (Lipinski definition) is 1. The van der Waals surface area contributed by atoms with Gasteiger partial charge < -0.3 is 5.73 Å². The third-order valence-electron chi connectivity index (χ3n) is 1.68. The van der Waals surface area contributed by atoms with Crippen LogP contribution >= 0.6 is 0 Å². The monoisotopic (exact) mass is 183 g/mol. The zero-order valence-electron chi connectivity index (χ0n) is 7.35. The summed E-state index contributed by atoms with van der Waals surface area (Å²) < 4.78 is 25.2. The van der Waals surface area contributed by atoms with Crippen LogP contribution in [0.2, 0.25) is 0 Å². The average molecular weight is 183 g/mol. The number of rotatable bonds is 2. The molecule has 0 spiro atoms. The predicted molar refractivity (Wildman–Crippen MR) is 49.1 cm³/mol. The van der Waals surface area contributed by atoms with Gasteiger partial charge in [0.2, 0.25) is 0 Å².